The van der Waals surface area contributed by atoms with Gasteiger partial charge in [-0.25, -0.2) is 4.79 Å². The Hall–Kier alpha value is -4.38. The van der Waals surface area contributed by atoms with Crippen LogP contribution in [0, 0.1) is 5.92 Å². The summed E-state index contributed by atoms with van der Waals surface area (Å²) in [6.45, 7) is 4.00. The van der Waals surface area contributed by atoms with Crippen molar-refractivity contribution in [1.29, 1.82) is 0 Å². The van der Waals surface area contributed by atoms with Crippen LogP contribution in [-0.4, -0.2) is 74.5 Å². The lowest BCUT2D eigenvalue weighted by atomic mass is 9.96. The number of aliphatic carboxylic acids is 1. The maximum atomic E-state index is 13.8. The predicted molar refractivity (Wildman–Crippen MR) is 157 cm³/mol. The largest absolute Gasteiger partial charge is 0.508 e. The molecule has 1 saturated heterocycles. The first-order valence-electron chi connectivity index (χ1n) is 14.3. The standard InChI is InChI=1S/C31H39N5O6/c1-3-18(2)27(35-28(38)23(32)15-19-10-12-21(37)13-11-19)29(39)34-25(30(40)36-14-6-9-26(36)31(41)42)16-20-17-33-24-8-5-4-7-22(20)24/h4-5,7-8,10-13,17-18,23,25-27,33,37H,3,6,9,14-16,32H2,1-2H3,(H,34,39)(H,35,38)(H,41,42). The number of aromatic hydroxyl groups is 1. The number of benzene rings is 2. The molecule has 0 spiro atoms. The summed E-state index contributed by atoms with van der Waals surface area (Å²) in [5.41, 5.74) is 8.60. The molecule has 1 aliphatic heterocycles. The minimum atomic E-state index is -1.08. The van der Waals surface area contributed by atoms with Crippen LogP contribution >= 0.6 is 0 Å². The average molecular weight is 578 g/mol. The van der Waals surface area contributed by atoms with Gasteiger partial charge in [-0.15, -0.1) is 0 Å². The number of amides is 3. The molecule has 42 heavy (non-hydrogen) atoms. The summed E-state index contributed by atoms with van der Waals surface area (Å²) >= 11 is 0. The average Bonchev–Trinajstić information content (AvgIpc) is 3.64. The summed E-state index contributed by atoms with van der Waals surface area (Å²) in [6.07, 6.45) is 3.60. The highest BCUT2D eigenvalue weighted by atomic mass is 16.4. The first-order valence-corrected chi connectivity index (χ1v) is 14.3. The van der Waals surface area contributed by atoms with E-state index in [1.54, 1.807) is 18.3 Å². The van der Waals surface area contributed by atoms with Crippen LogP contribution < -0.4 is 16.4 Å². The van der Waals surface area contributed by atoms with Crippen molar-refractivity contribution in [3.05, 3.63) is 65.9 Å². The normalized spacial score (nSPS) is 17.8. The van der Waals surface area contributed by atoms with E-state index in [4.69, 9.17) is 5.73 Å². The van der Waals surface area contributed by atoms with Gasteiger partial charge in [0.15, 0.2) is 0 Å². The van der Waals surface area contributed by atoms with Gasteiger partial charge < -0.3 is 36.5 Å². The van der Waals surface area contributed by atoms with E-state index in [2.05, 4.69) is 15.6 Å². The van der Waals surface area contributed by atoms with Gasteiger partial charge in [-0.1, -0.05) is 50.6 Å². The Morgan fingerprint density at radius 1 is 1.05 bits per heavy atom. The van der Waals surface area contributed by atoms with E-state index in [1.807, 2.05) is 38.1 Å². The quantitative estimate of drug-likeness (QED) is 0.191. The molecule has 0 radical (unpaired) electrons. The first kappa shape index (κ1) is 30.6. The van der Waals surface area contributed by atoms with Crippen molar-refractivity contribution < 1.29 is 29.4 Å². The topological polar surface area (TPSA) is 178 Å². The molecule has 5 unspecified atom stereocenters. The molecule has 0 saturated carbocycles. The number of hydrogen-bond acceptors (Lipinski definition) is 6. The van der Waals surface area contributed by atoms with Crippen molar-refractivity contribution in [3.8, 4) is 5.75 Å². The maximum Gasteiger partial charge on any atom is 0.326 e. The van der Waals surface area contributed by atoms with Crippen LogP contribution in [0.15, 0.2) is 54.7 Å². The fourth-order valence-corrected chi connectivity index (χ4v) is 5.41. The summed E-state index contributed by atoms with van der Waals surface area (Å²) in [5, 5.41) is 25.7. The van der Waals surface area contributed by atoms with E-state index < -0.39 is 47.9 Å². The number of carboxylic acids is 1. The fourth-order valence-electron chi connectivity index (χ4n) is 5.41. The van der Waals surface area contributed by atoms with Gasteiger partial charge in [0, 0.05) is 30.1 Å². The van der Waals surface area contributed by atoms with Gasteiger partial charge in [0.1, 0.15) is 23.9 Å². The molecule has 4 rings (SSSR count). The molecule has 11 nitrogen and oxygen atoms in total. The Morgan fingerprint density at radius 3 is 2.45 bits per heavy atom. The van der Waals surface area contributed by atoms with Crippen LogP contribution in [0.3, 0.4) is 0 Å². The Balaban J connectivity index is 1.55. The summed E-state index contributed by atoms with van der Waals surface area (Å²) < 4.78 is 0. The molecule has 7 N–H and O–H groups in total. The molecule has 3 aromatic rings. The molecule has 1 aromatic heterocycles. The number of fused-ring (bicyclic) bond motifs is 1. The van der Waals surface area contributed by atoms with Gasteiger partial charge >= 0.3 is 5.97 Å². The Labute approximate surface area is 244 Å². The van der Waals surface area contributed by atoms with E-state index >= 15 is 0 Å². The van der Waals surface area contributed by atoms with E-state index in [0.29, 0.717) is 19.3 Å². The minimum absolute atomic E-state index is 0.102. The van der Waals surface area contributed by atoms with Crippen LogP contribution in [0.2, 0.25) is 0 Å². The van der Waals surface area contributed by atoms with Crippen molar-refractivity contribution in [2.75, 3.05) is 6.54 Å². The molecule has 3 amide bonds. The van der Waals surface area contributed by atoms with Gasteiger partial charge in [-0.2, -0.15) is 0 Å². The van der Waals surface area contributed by atoms with Gasteiger partial charge in [0.25, 0.3) is 0 Å². The predicted octanol–water partition coefficient (Wildman–Crippen LogP) is 2.08. The lowest BCUT2D eigenvalue weighted by Gasteiger charge is -2.30. The van der Waals surface area contributed by atoms with Crippen LogP contribution in [0.1, 0.15) is 44.2 Å². The van der Waals surface area contributed by atoms with Gasteiger partial charge in [-0.05, 0) is 54.5 Å². The van der Waals surface area contributed by atoms with Crippen molar-refractivity contribution in [2.24, 2.45) is 11.7 Å². The van der Waals surface area contributed by atoms with E-state index in [-0.39, 0.29) is 31.1 Å². The van der Waals surface area contributed by atoms with E-state index in [9.17, 15) is 29.4 Å². The number of rotatable bonds is 12. The molecule has 224 valence electrons. The maximum absolute atomic E-state index is 13.8. The van der Waals surface area contributed by atoms with Gasteiger partial charge in [0.2, 0.25) is 17.7 Å². The summed E-state index contributed by atoms with van der Waals surface area (Å²) in [4.78, 5) is 57.0. The van der Waals surface area contributed by atoms with Crippen LogP contribution in [0.5, 0.6) is 5.75 Å². The number of H-pyrrole nitrogens is 1. The number of aromatic nitrogens is 1. The van der Waals surface area contributed by atoms with Crippen LogP contribution in [-0.2, 0) is 32.0 Å². The summed E-state index contributed by atoms with van der Waals surface area (Å²) in [5.74, 6) is -2.79. The number of hydrogen-bond donors (Lipinski definition) is 6. The molecule has 2 aromatic carbocycles. The van der Waals surface area contributed by atoms with Crippen LogP contribution in [0.25, 0.3) is 10.9 Å². The zero-order chi connectivity index (χ0) is 30.4. The Kier molecular flexibility index (Phi) is 9.84. The highest BCUT2D eigenvalue weighted by molar-refractivity contribution is 5.95. The molecule has 0 bridgehead atoms. The van der Waals surface area contributed by atoms with Crippen molar-refractivity contribution in [1.82, 2.24) is 20.5 Å². The number of carbonyl (C=O) groups excluding carboxylic acids is 3. The third-order valence-electron chi connectivity index (χ3n) is 8.06. The van der Waals surface area contributed by atoms with Crippen LogP contribution in [0.4, 0.5) is 0 Å². The highest BCUT2D eigenvalue weighted by Crippen LogP contribution is 2.23. The number of aromatic amines is 1. The lowest BCUT2D eigenvalue weighted by Crippen LogP contribution is -2.59. The van der Waals surface area contributed by atoms with Gasteiger partial charge in [-0.3, -0.25) is 14.4 Å². The number of phenolic OH excluding ortho intramolecular Hbond substituents is 1. The highest BCUT2D eigenvalue weighted by Gasteiger charge is 2.39. The zero-order valence-corrected chi connectivity index (χ0v) is 23.9. The molecule has 1 aliphatic rings. The van der Waals surface area contributed by atoms with Crippen molar-refractivity contribution >= 4 is 34.6 Å². The minimum Gasteiger partial charge on any atom is -0.508 e. The fraction of sp³-hybridized carbons (Fsp3) is 0.419. The number of para-hydroxylation sites is 1. The number of nitrogens with zero attached hydrogens (tertiary/aromatic N) is 1. The third-order valence-corrected chi connectivity index (χ3v) is 8.06. The first-order chi connectivity index (χ1) is 20.1. The monoisotopic (exact) mass is 577 g/mol. The molecular weight excluding hydrogens is 538 g/mol. The SMILES string of the molecule is CCC(C)C(NC(=O)C(N)Cc1ccc(O)cc1)C(=O)NC(Cc1c[nH]c2ccccc12)C(=O)N1CCCC1C(=O)O. The second-order valence-corrected chi connectivity index (χ2v) is 11.0. The zero-order valence-electron chi connectivity index (χ0n) is 23.9. The van der Waals surface area contributed by atoms with E-state index in [0.717, 1.165) is 22.0 Å². The smallest absolute Gasteiger partial charge is 0.326 e. The third kappa shape index (κ3) is 7.09. The molecule has 11 heteroatoms. The number of nitrogens with one attached hydrogen (secondary N) is 3. The molecular formula is C31H39N5O6. The Morgan fingerprint density at radius 2 is 1.76 bits per heavy atom. The van der Waals surface area contributed by atoms with E-state index in [1.165, 1.54) is 17.0 Å². The van der Waals surface area contributed by atoms with Crippen molar-refractivity contribution in [2.45, 2.75) is 70.1 Å². The second kappa shape index (κ2) is 13.5. The summed E-state index contributed by atoms with van der Waals surface area (Å²) in [6, 6.07) is 10.0. The molecule has 2 heterocycles. The Bertz CT molecular complexity index is 1420. The molecule has 5 atom stereocenters. The second-order valence-electron chi connectivity index (χ2n) is 11.0. The molecule has 0 aliphatic carbocycles. The molecule has 1 fully saturated rings. The number of nitrogens with two attached hydrogens (primary N) is 1. The number of carbonyl (C=O) groups is 4. The van der Waals surface area contributed by atoms with Crippen molar-refractivity contribution in [3.63, 3.8) is 0 Å². The lowest BCUT2D eigenvalue weighted by molar-refractivity contribution is -0.149. The number of carboxylic acid groups (broad SMARTS) is 1. The number of phenols is 1. The van der Waals surface area contributed by atoms with Gasteiger partial charge in [0.05, 0.1) is 6.04 Å². The number of likely N-dealkylation sites (tertiary alicyclic amines) is 1. The summed E-state index contributed by atoms with van der Waals surface area (Å²) in [7, 11) is 0.